The van der Waals surface area contributed by atoms with Crippen molar-refractivity contribution in [1.29, 1.82) is 0 Å². The first kappa shape index (κ1) is 15.6. The Labute approximate surface area is 127 Å². The average molecular weight is 296 g/mol. The minimum atomic E-state index is 0.800. The zero-order chi connectivity index (χ0) is 14.5. The van der Waals surface area contributed by atoms with Crippen molar-refractivity contribution >= 4 is 17.3 Å². The third kappa shape index (κ3) is 4.11. The van der Waals surface area contributed by atoms with E-state index in [9.17, 15) is 0 Å². The van der Waals surface area contributed by atoms with Crippen molar-refractivity contribution in [1.82, 2.24) is 10.2 Å². The van der Waals surface area contributed by atoms with Crippen LogP contribution >= 0.6 is 11.6 Å². The largest absolute Gasteiger partial charge is 0.374 e. The number of piperidine rings is 1. The van der Waals surface area contributed by atoms with Crippen molar-refractivity contribution in [2.75, 3.05) is 45.7 Å². The second-order valence-electron chi connectivity index (χ2n) is 5.93. The summed E-state index contributed by atoms with van der Waals surface area (Å²) in [5, 5.41) is 4.04. The number of hydrogen-bond acceptors (Lipinski definition) is 3. The number of nitrogens with zero attached hydrogens (tertiary/aromatic N) is 2. The molecular formula is C16H26ClN3. The lowest BCUT2D eigenvalue weighted by atomic mass is 9.96. The van der Waals surface area contributed by atoms with Crippen LogP contribution in [0.1, 0.15) is 18.4 Å². The van der Waals surface area contributed by atoms with E-state index in [1.807, 2.05) is 13.1 Å². The van der Waals surface area contributed by atoms with Crippen LogP contribution in [0.2, 0.25) is 5.02 Å². The van der Waals surface area contributed by atoms with Gasteiger partial charge in [0.25, 0.3) is 0 Å². The van der Waals surface area contributed by atoms with Gasteiger partial charge < -0.3 is 15.1 Å². The molecule has 20 heavy (non-hydrogen) atoms. The summed E-state index contributed by atoms with van der Waals surface area (Å²) >= 11 is 6.11. The monoisotopic (exact) mass is 295 g/mol. The molecule has 0 radical (unpaired) electrons. The van der Waals surface area contributed by atoms with E-state index < -0.39 is 0 Å². The fourth-order valence-corrected chi connectivity index (χ4v) is 3.18. The van der Waals surface area contributed by atoms with Crippen LogP contribution in [-0.2, 0) is 6.54 Å². The zero-order valence-corrected chi connectivity index (χ0v) is 13.6. The van der Waals surface area contributed by atoms with Gasteiger partial charge in [-0.15, -0.1) is 0 Å². The molecule has 1 aromatic rings. The standard InChI is InChI=1S/C16H26ClN3/c1-18-11-14-10-15(17)4-5-16(14)20(3)12-13-6-8-19(2)9-7-13/h4-5,10,13,18H,6-9,11-12H2,1-3H3. The van der Waals surface area contributed by atoms with Crippen LogP contribution in [0.3, 0.4) is 0 Å². The maximum atomic E-state index is 6.11. The number of halogens is 1. The van der Waals surface area contributed by atoms with E-state index in [1.54, 1.807) is 0 Å². The predicted octanol–water partition coefficient (Wildman–Crippen LogP) is 2.84. The highest BCUT2D eigenvalue weighted by atomic mass is 35.5. The van der Waals surface area contributed by atoms with Crippen LogP contribution in [0.15, 0.2) is 18.2 Å². The summed E-state index contributed by atoms with van der Waals surface area (Å²) in [6.07, 6.45) is 2.60. The van der Waals surface area contributed by atoms with E-state index in [4.69, 9.17) is 11.6 Å². The van der Waals surface area contributed by atoms with Crippen molar-refractivity contribution in [3.05, 3.63) is 28.8 Å². The third-order valence-corrected chi connectivity index (χ3v) is 4.43. The Kier molecular flexibility index (Phi) is 5.70. The molecule has 3 nitrogen and oxygen atoms in total. The van der Waals surface area contributed by atoms with E-state index in [2.05, 4.69) is 41.3 Å². The van der Waals surface area contributed by atoms with Gasteiger partial charge in [-0.3, -0.25) is 0 Å². The fraction of sp³-hybridized carbons (Fsp3) is 0.625. The molecule has 1 fully saturated rings. The maximum absolute atomic E-state index is 6.11. The smallest absolute Gasteiger partial charge is 0.0410 e. The molecule has 0 aliphatic carbocycles. The Morgan fingerprint density at radius 1 is 1.35 bits per heavy atom. The summed E-state index contributed by atoms with van der Waals surface area (Å²) in [6.45, 7) is 4.44. The average Bonchev–Trinajstić information content (AvgIpc) is 2.42. The number of anilines is 1. The van der Waals surface area contributed by atoms with Crippen molar-refractivity contribution in [3.63, 3.8) is 0 Å². The zero-order valence-electron chi connectivity index (χ0n) is 12.8. The van der Waals surface area contributed by atoms with E-state index in [1.165, 1.54) is 37.2 Å². The van der Waals surface area contributed by atoms with Crippen LogP contribution in [0.4, 0.5) is 5.69 Å². The SMILES string of the molecule is CNCc1cc(Cl)ccc1N(C)CC1CCN(C)CC1. The van der Waals surface area contributed by atoms with Crippen LogP contribution in [-0.4, -0.2) is 45.7 Å². The Bertz CT molecular complexity index is 428. The van der Waals surface area contributed by atoms with E-state index >= 15 is 0 Å². The fourth-order valence-electron chi connectivity index (χ4n) is 2.99. The minimum absolute atomic E-state index is 0.800. The Hall–Kier alpha value is -0.770. The van der Waals surface area contributed by atoms with Crippen molar-refractivity contribution in [2.45, 2.75) is 19.4 Å². The molecule has 0 atom stereocenters. The molecule has 0 aromatic heterocycles. The van der Waals surface area contributed by atoms with E-state index in [0.29, 0.717) is 0 Å². The lowest BCUT2D eigenvalue weighted by molar-refractivity contribution is 0.222. The number of likely N-dealkylation sites (tertiary alicyclic amines) is 1. The lowest BCUT2D eigenvalue weighted by Crippen LogP contribution is -2.36. The molecule has 1 aliphatic heterocycles. The molecule has 0 saturated carbocycles. The van der Waals surface area contributed by atoms with Gasteiger partial charge in [-0.2, -0.15) is 0 Å². The summed E-state index contributed by atoms with van der Waals surface area (Å²) in [4.78, 5) is 4.81. The van der Waals surface area contributed by atoms with Crippen molar-refractivity contribution < 1.29 is 0 Å². The van der Waals surface area contributed by atoms with Gasteiger partial charge in [0.2, 0.25) is 0 Å². The molecule has 1 N–H and O–H groups in total. The molecule has 1 aromatic carbocycles. The Morgan fingerprint density at radius 2 is 2.05 bits per heavy atom. The summed E-state index contributed by atoms with van der Waals surface area (Å²) < 4.78 is 0. The van der Waals surface area contributed by atoms with Gasteiger partial charge >= 0.3 is 0 Å². The second kappa shape index (κ2) is 7.30. The van der Waals surface area contributed by atoms with Gasteiger partial charge in [0, 0.05) is 30.8 Å². The van der Waals surface area contributed by atoms with Gasteiger partial charge in [-0.1, -0.05) is 11.6 Å². The number of benzene rings is 1. The molecule has 0 spiro atoms. The van der Waals surface area contributed by atoms with Gasteiger partial charge in [0.15, 0.2) is 0 Å². The molecule has 0 unspecified atom stereocenters. The maximum Gasteiger partial charge on any atom is 0.0410 e. The third-order valence-electron chi connectivity index (χ3n) is 4.19. The summed E-state index contributed by atoms with van der Waals surface area (Å²) in [6, 6.07) is 6.20. The van der Waals surface area contributed by atoms with Gasteiger partial charge in [0.05, 0.1) is 0 Å². The minimum Gasteiger partial charge on any atom is -0.374 e. The number of hydrogen-bond donors (Lipinski definition) is 1. The summed E-state index contributed by atoms with van der Waals surface area (Å²) in [7, 11) is 6.38. The molecule has 0 bridgehead atoms. The van der Waals surface area contributed by atoms with Gasteiger partial charge in [-0.05, 0) is 69.7 Å². The number of nitrogens with one attached hydrogen (secondary N) is 1. The van der Waals surface area contributed by atoms with E-state index in [-0.39, 0.29) is 0 Å². The normalized spacial score (nSPS) is 17.4. The molecule has 0 amide bonds. The Morgan fingerprint density at radius 3 is 2.70 bits per heavy atom. The van der Waals surface area contributed by atoms with Crippen molar-refractivity contribution in [3.8, 4) is 0 Å². The highest BCUT2D eigenvalue weighted by Gasteiger charge is 2.19. The first-order chi connectivity index (χ1) is 9.60. The summed E-state index contributed by atoms with van der Waals surface area (Å²) in [5.41, 5.74) is 2.57. The van der Waals surface area contributed by atoms with Gasteiger partial charge in [0.1, 0.15) is 0 Å². The Balaban J connectivity index is 2.02. The second-order valence-corrected chi connectivity index (χ2v) is 6.37. The van der Waals surface area contributed by atoms with E-state index in [0.717, 1.165) is 24.0 Å². The topological polar surface area (TPSA) is 18.5 Å². The van der Waals surface area contributed by atoms with Crippen LogP contribution < -0.4 is 10.2 Å². The number of rotatable bonds is 5. The van der Waals surface area contributed by atoms with Crippen LogP contribution in [0.5, 0.6) is 0 Å². The van der Waals surface area contributed by atoms with Crippen molar-refractivity contribution in [2.24, 2.45) is 5.92 Å². The molecule has 4 heteroatoms. The molecule has 1 saturated heterocycles. The van der Waals surface area contributed by atoms with Crippen LogP contribution in [0, 0.1) is 5.92 Å². The van der Waals surface area contributed by atoms with Crippen LogP contribution in [0.25, 0.3) is 0 Å². The quantitative estimate of drug-likeness (QED) is 0.901. The molecule has 112 valence electrons. The molecule has 1 heterocycles. The first-order valence-corrected chi connectivity index (χ1v) is 7.80. The van der Waals surface area contributed by atoms with Gasteiger partial charge in [-0.25, -0.2) is 0 Å². The molecule has 2 rings (SSSR count). The summed E-state index contributed by atoms with van der Waals surface area (Å²) in [5.74, 6) is 0.800. The lowest BCUT2D eigenvalue weighted by Gasteiger charge is -2.33. The molecule has 1 aliphatic rings. The predicted molar refractivity (Wildman–Crippen MR) is 87.7 cm³/mol. The highest BCUT2D eigenvalue weighted by molar-refractivity contribution is 6.30. The first-order valence-electron chi connectivity index (χ1n) is 7.43. The highest BCUT2D eigenvalue weighted by Crippen LogP contribution is 2.26. The molecular weight excluding hydrogens is 270 g/mol.